The number of nitrogens with zero attached hydrogens (tertiary/aromatic N) is 1. The Labute approximate surface area is 226 Å². The van der Waals surface area contributed by atoms with E-state index in [2.05, 4.69) is 0 Å². The van der Waals surface area contributed by atoms with E-state index in [-0.39, 0.29) is 13.2 Å². The molecule has 1 saturated carbocycles. The normalized spacial score (nSPS) is 28.4. The zero-order chi connectivity index (χ0) is 27.2. The van der Waals surface area contributed by atoms with E-state index < -0.39 is 63.3 Å². The minimum Gasteiger partial charge on any atom is -0.466 e. The molecule has 1 spiro atoms. The third kappa shape index (κ3) is 3.90. The number of carbonyl (C=O) groups excluding carboxylic acids is 4. The SMILES string of the molecule is CCOC(=O)[C@@H]1[C@@H](C(=O)OCC)C12C(=O)N1[C@@H](C(=O)OC(c3ccccc3)c3ccccc3)C(C)(C)S[C@@H]12. The maximum atomic E-state index is 13.8. The number of amides is 1. The van der Waals surface area contributed by atoms with Gasteiger partial charge in [0.2, 0.25) is 5.91 Å². The molecule has 0 radical (unpaired) electrons. The van der Waals surface area contributed by atoms with Gasteiger partial charge in [0.15, 0.2) is 6.10 Å². The van der Waals surface area contributed by atoms with E-state index >= 15 is 0 Å². The largest absolute Gasteiger partial charge is 0.466 e. The second-order valence-corrected chi connectivity index (χ2v) is 12.0. The van der Waals surface area contributed by atoms with E-state index in [9.17, 15) is 19.2 Å². The molecule has 0 unspecified atom stereocenters. The van der Waals surface area contributed by atoms with Crippen LogP contribution in [0.4, 0.5) is 0 Å². The van der Waals surface area contributed by atoms with E-state index in [4.69, 9.17) is 14.2 Å². The summed E-state index contributed by atoms with van der Waals surface area (Å²) in [5, 5.41) is -0.543. The lowest BCUT2D eigenvalue weighted by atomic mass is 9.85. The minimum atomic E-state index is -1.26. The van der Waals surface area contributed by atoms with Gasteiger partial charge in [0.05, 0.1) is 30.4 Å². The summed E-state index contributed by atoms with van der Waals surface area (Å²) in [7, 11) is 0. The Balaban J connectivity index is 1.44. The first-order chi connectivity index (χ1) is 18.2. The molecule has 4 atom stereocenters. The molecule has 2 aromatic carbocycles. The van der Waals surface area contributed by atoms with Crippen LogP contribution in [0.2, 0.25) is 0 Å². The average Bonchev–Trinajstić information content (AvgIpc) is 3.57. The van der Waals surface area contributed by atoms with Gasteiger partial charge in [-0.25, -0.2) is 4.79 Å². The van der Waals surface area contributed by atoms with Crippen LogP contribution in [-0.2, 0) is 33.4 Å². The second-order valence-electron chi connectivity index (χ2n) is 10.2. The van der Waals surface area contributed by atoms with Gasteiger partial charge in [-0.1, -0.05) is 60.7 Å². The van der Waals surface area contributed by atoms with Crippen LogP contribution in [0.25, 0.3) is 0 Å². The highest BCUT2D eigenvalue weighted by Crippen LogP contribution is 2.75. The number of benzene rings is 2. The molecule has 1 aliphatic carbocycles. The van der Waals surface area contributed by atoms with Gasteiger partial charge in [0, 0.05) is 4.75 Å². The number of β-lactam (4-membered cyclic amide) rings is 1. The molecule has 1 amide bonds. The van der Waals surface area contributed by atoms with Crippen LogP contribution in [0.1, 0.15) is 44.9 Å². The first kappa shape index (κ1) is 26.3. The van der Waals surface area contributed by atoms with Crippen molar-refractivity contribution in [3.63, 3.8) is 0 Å². The van der Waals surface area contributed by atoms with Gasteiger partial charge < -0.3 is 19.1 Å². The standard InChI is InChI=1S/C29H31NO7S/c1-5-35-23(31)19-20(24(32)36-6-2)29(19)26(34)30-22(28(3,4)38-27(29)30)25(33)37-21(17-13-9-7-10-14-17)18-15-11-8-12-16-18/h7-16,19-22,27H,5-6H2,1-4H3/t19-,20-,22-,27+/m0/s1. The number of fused-ring (bicyclic) bond motifs is 2. The summed E-state index contributed by atoms with van der Waals surface area (Å²) in [6.45, 7) is 7.39. The van der Waals surface area contributed by atoms with Gasteiger partial charge in [0.1, 0.15) is 11.5 Å². The van der Waals surface area contributed by atoms with Crippen molar-refractivity contribution in [1.82, 2.24) is 4.90 Å². The average molecular weight is 538 g/mol. The van der Waals surface area contributed by atoms with Crippen molar-refractivity contribution in [3.8, 4) is 0 Å². The van der Waals surface area contributed by atoms with Crippen LogP contribution >= 0.6 is 11.8 Å². The Bertz CT molecular complexity index is 1180. The summed E-state index contributed by atoms with van der Waals surface area (Å²) in [5.74, 6) is -3.96. The van der Waals surface area contributed by atoms with Crippen LogP contribution in [0, 0.1) is 17.3 Å². The van der Waals surface area contributed by atoms with E-state index in [1.165, 1.54) is 16.7 Å². The summed E-state index contributed by atoms with van der Waals surface area (Å²) < 4.78 is 15.8. The van der Waals surface area contributed by atoms with Gasteiger partial charge in [-0.2, -0.15) is 0 Å². The van der Waals surface area contributed by atoms with Crippen LogP contribution in [-0.4, -0.2) is 58.1 Å². The van der Waals surface area contributed by atoms with Gasteiger partial charge in [0.25, 0.3) is 0 Å². The highest BCUT2D eigenvalue weighted by atomic mass is 32.2. The predicted molar refractivity (Wildman–Crippen MR) is 140 cm³/mol. The molecule has 8 nitrogen and oxygen atoms in total. The van der Waals surface area contributed by atoms with Gasteiger partial charge in [-0.15, -0.1) is 11.8 Å². The highest BCUT2D eigenvalue weighted by molar-refractivity contribution is 8.01. The molecule has 3 aliphatic rings. The fourth-order valence-corrected chi connectivity index (χ4v) is 7.80. The third-order valence-electron chi connectivity index (χ3n) is 7.61. The lowest BCUT2D eigenvalue weighted by molar-refractivity contribution is -0.174. The quantitative estimate of drug-likeness (QED) is 0.285. The first-order valence-corrected chi connectivity index (χ1v) is 13.7. The van der Waals surface area contributed by atoms with Crippen LogP contribution in [0.15, 0.2) is 60.7 Å². The Morgan fingerprint density at radius 2 is 1.32 bits per heavy atom. The molecular weight excluding hydrogens is 506 g/mol. The molecule has 2 heterocycles. The zero-order valence-corrected chi connectivity index (χ0v) is 22.6. The summed E-state index contributed by atoms with van der Waals surface area (Å²) >= 11 is 1.41. The monoisotopic (exact) mass is 537 g/mol. The summed E-state index contributed by atoms with van der Waals surface area (Å²) in [6, 6.07) is 18.0. The molecule has 9 heteroatoms. The fraction of sp³-hybridized carbons (Fsp3) is 0.448. The van der Waals surface area contributed by atoms with Crippen LogP contribution in [0.5, 0.6) is 0 Å². The number of rotatable bonds is 8. The molecule has 0 bridgehead atoms. The molecule has 38 heavy (non-hydrogen) atoms. The van der Waals surface area contributed by atoms with Gasteiger partial charge in [-0.05, 0) is 38.8 Å². The molecular formula is C29H31NO7S. The van der Waals surface area contributed by atoms with Gasteiger partial charge in [-0.3, -0.25) is 14.4 Å². The topological polar surface area (TPSA) is 99.2 Å². The van der Waals surface area contributed by atoms with Crippen molar-refractivity contribution in [2.75, 3.05) is 13.2 Å². The number of hydrogen-bond acceptors (Lipinski definition) is 8. The molecule has 3 fully saturated rings. The number of hydrogen-bond donors (Lipinski definition) is 0. The summed E-state index contributed by atoms with van der Waals surface area (Å²) in [6.07, 6.45) is -0.657. The van der Waals surface area contributed by atoms with Crippen molar-refractivity contribution in [1.29, 1.82) is 0 Å². The van der Waals surface area contributed by atoms with E-state index in [1.54, 1.807) is 13.8 Å². The van der Waals surface area contributed by atoms with Crippen molar-refractivity contribution in [2.45, 2.75) is 50.0 Å². The molecule has 2 aliphatic heterocycles. The Hall–Kier alpha value is -3.33. The Morgan fingerprint density at radius 3 is 1.76 bits per heavy atom. The van der Waals surface area contributed by atoms with Crippen molar-refractivity contribution >= 4 is 35.6 Å². The Morgan fingerprint density at radius 1 is 0.842 bits per heavy atom. The molecule has 0 aromatic heterocycles. The molecule has 0 N–H and O–H groups in total. The van der Waals surface area contributed by atoms with Crippen molar-refractivity contribution in [2.24, 2.45) is 17.3 Å². The lowest BCUT2D eigenvalue weighted by Crippen LogP contribution is -2.66. The lowest BCUT2D eigenvalue weighted by Gasteiger charge is -2.45. The van der Waals surface area contributed by atoms with Crippen LogP contribution < -0.4 is 0 Å². The smallest absolute Gasteiger partial charge is 0.331 e. The van der Waals surface area contributed by atoms with Crippen molar-refractivity contribution < 1.29 is 33.4 Å². The fourth-order valence-electron chi connectivity index (χ4n) is 5.96. The third-order valence-corrected chi connectivity index (χ3v) is 9.29. The highest BCUT2D eigenvalue weighted by Gasteiger charge is 2.90. The zero-order valence-electron chi connectivity index (χ0n) is 21.8. The van der Waals surface area contributed by atoms with E-state index in [0.717, 1.165) is 11.1 Å². The maximum absolute atomic E-state index is 13.8. The predicted octanol–water partition coefficient (Wildman–Crippen LogP) is 3.74. The molecule has 200 valence electrons. The van der Waals surface area contributed by atoms with Crippen molar-refractivity contribution in [3.05, 3.63) is 71.8 Å². The summed E-state index contributed by atoms with van der Waals surface area (Å²) in [5.41, 5.74) is 0.365. The molecule has 5 rings (SSSR count). The van der Waals surface area contributed by atoms with Gasteiger partial charge >= 0.3 is 17.9 Å². The number of thioether (sulfide) groups is 1. The molecule has 2 saturated heterocycles. The first-order valence-electron chi connectivity index (χ1n) is 12.8. The number of esters is 3. The van der Waals surface area contributed by atoms with E-state index in [0.29, 0.717) is 0 Å². The number of ether oxygens (including phenoxy) is 3. The maximum Gasteiger partial charge on any atom is 0.331 e. The van der Waals surface area contributed by atoms with E-state index in [1.807, 2.05) is 74.5 Å². The second kappa shape index (κ2) is 9.76. The summed E-state index contributed by atoms with van der Waals surface area (Å²) in [4.78, 5) is 54.7. The minimum absolute atomic E-state index is 0.136. The Kier molecular flexibility index (Phi) is 6.75. The van der Waals surface area contributed by atoms with Crippen LogP contribution in [0.3, 0.4) is 0 Å². The number of carbonyl (C=O) groups is 4. The molecule has 2 aromatic rings.